The molecule has 0 aliphatic carbocycles. The molecule has 0 bridgehead atoms. The number of halogens is 1. The zero-order valence-electron chi connectivity index (χ0n) is 10.6. The quantitative estimate of drug-likeness (QED) is 0.640. The van der Waals surface area contributed by atoms with Crippen LogP contribution < -0.4 is 10.6 Å². The lowest BCUT2D eigenvalue weighted by Crippen LogP contribution is -2.30. The second-order valence-electron chi connectivity index (χ2n) is 4.53. The molecule has 1 heterocycles. The van der Waals surface area contributed by atoms with Gasteiger partial charge in [0.1, 0.15) is 5.82 Å². The van der Waals surface area contributed by atoms with Gasteiger partial charge < -0.3 is 5.73 Å². The smallest absolute Gasteiger partial charge is 0.266 e. The van der Waals surface area contributed by atoms with Gasteiger partial charge in [-0.15, -0.1) is 0 Å². The van der Waals surface area contributed by atoms with Gasteiger partial charge in [0.05, 0.1) is 28.4 Å². The molecule has 0 fully saturated rings. The first-order valence-electron chi connectivity index (χ1n) is 6.01. The molecule has 1 aliphatic rings. The standard InChI is InChI=1S/C15H8FN3O2/c16-12-5-8(7-17)1-4-13(12)19-14(20)10-3-2-9(18)6-11(10)15(19)21/h1-6H,18H2. The van der Waals surface area contributed by atoms with Gasteiger partial charge in [0.25, 0.3) is 11.8 Å². The zero-order valence-corrected chi connectivity index (χ0v) is 10.6. The minimum Gasteiger partial charge on any atom is -0.399 e. The molecule has 0 aromatic heterocycles. The number of imide groups is 1. The molecule has 0 unspecified atom stereocenters. The van der Waals surface area contributed by atoms with Gasteiger partial charge in [-0.25, -0.2) is 9.29 Å². The molecule has 0 saturated carbocycles. The topological polar surface area (TPSA) is 87.2 Å². The van der Waals surface area contributed by atoms with Gasteiger partial charge in [0.15, 0.2) is 0 Å². The average molecular weight is 281 g/mol. The summed E-state index contributed by atoms with van der Waals surface area (Å²) >= 11 is 0. The third-order valence-corrected chi connectivity index (χ3v) is 3.23. The van der Waals surface area contributed by atoms with Crippen LogP contribution in [0.25, 0.3) is 0 Å². The number of rotatable bonds is 1. The van der Waals surface area contributed by atoms with E-state index in [0.29, 0.717) is 5.69 Å². The molecule has 102 valence electrons. The molecule has 0 spiro atoms. The van der Waals surface area contributed by atoms with Crippen LogP contribution in [0.3, 0.4) is 0 Å². The van der Waals surface area contributed by atoms with Gasteiger partial charge in [-0.05, 0) is 36.4 Å². The largest absolute Gasteiger partial charge is 0.399 e. The molecule has 3 rings (SSSR count). The highest BCUT2D eigenvalue weighted by molar-refractivity contribution is 6.34. The highest BCUT2D eigenvalue weighted by Gasteiger charge is 2.37. The van der Waals surface area contributed by atoms with Crippen molar-refractivity contribution in [3.8, 4) is 6.07 Å². The van der Waals surface area contributed by atoms with Crippen LogP contribution in [0, 0.1) is 17.1 Å². The Labute approximate surface area is 119 Å². The number of amides is 2. The second kappa shape index (κ2) is 4.42. The number of fused-ring (bicyclic) bond motifs is 1. The number of nitrogen functional groups attached to an aromatic ring is 1. The summed E-state index contributed by atoms with van der Waals surface area (Å²) in [6, 6.07) is 9.67. The molecule has 2 N–H and O–H groups in total. The van der Waals surface area contributed by atoms with E-state index in [2.05, 4.69) is 0 Å². The first-order chi connectivity index (χ1) is 10.0. The van der Waals surface area contributed by atoms with E-state index in [1.54, 1.807) is 6.07 Å². The van der Waals surface area contributed by atoms with E-state index in [0.717, 1.165) is 11.0 Å². The highest BCUT2D eigenvalue weighted by atomic mass is 19.1. The van der Waals surface area contributed by atoms with Gasteiger partial charge in [-0.1, -0.05) is 0 Å². The number of anilines is 2. The number of benzene rings is 2. The number of nitrogens with zero attached hydrogens (tertiary/aromatic N) is 2. The monoisotopic (exact) mass is 281 g/mol. The van der Waals surface area contributed by atoms with E-state index >= 15 is 0 Å². The lowest BCUT2D eigenvalue weighted by atomic mass is 10.1. The Morgan fingerprint density at radius 2 is 1.76 bits per heavy atom. The van der Waals surface area contributed by atoms with Gasteiger partial charge in [0, 0.05) is 5.69 Å². The minimum absolute atomic E-state index is 0.108. The predicted octanol–water partition coefficient (Wildman–Crippen LogP) is 2.08. The van der Waals surface area contributed by atoms with Crippen molar-refractivity contribution in [3.63, 3.8) is 0 Å². The SMILES string of the molecule is N#Cc1ccc(N2C(=O)c3ccc(N)cc3C2=O)c(F)c1. The fourth-order valence-electron chi connectivity index (χ4n) is 2.24. The summed E-state index contributed by atoms with van der Waals surface area (Å²) in [5, 5.41) is 8.72. The second-order valence-corrected chi connectivity index (χ2v) is 4.53. The first-order valence-corrected chi connectivity index (χ1v) is 6.01. The van der Waals surface area contributed by atoms with Crippen molar-refractivity contribution in [2.24, 2.45) is 0 Å². The number of hydrogen-bond donors (Lipinski definition) is 1. The van der Waals surface area contributed by atoms with Crippen LogP contribution in [0.15, 0.2) is 36.4 Å². The Hall–Kier alpha value is -3.20. The summed E-state index contributed by atoms with van der Waals surface area (Å²) in [7, 11) is 0. The maximum Gasteiger partial charge on any atom is 0.266 e. The van der Waals surface area contributed by atoms with E-state index in [1.807, 2.05) is 0 Å². The Kier molecular flexibility index (Phi) is 2.70. The predicted molar refractivity (Wildman–Crippen MR) is 73.1 cm³/mol. The molecule has 5 nitrogen and oxygen atoms in total. The molecule has 6 heteroatoms. The van der Waals surface area contributed by atoms with Crippen LogP contribution in [-0.2, 0) is 0 Å². The normalized spacial score (nSPS) is 13.2. The number of nitrogens with two attached hydrogens (primary N) is 1. The Morgan fingerprint density at radius 1 is 1.05 bits per heavy atom. The van der Waals surface area contributed by atoms with Crippen molar-refractivity contribution < 1.29 is 14.0 Å². The molecule has 2 amide bonds. The number of hydrogen-bond acceptors (Lipinski definition) is 4. The van der Waals surface area contributed by atoms with Crippen LogP contribution >= 0.6 is 0 Å². The average Bonchev–Trinajstić information content (AvgIpc) is 2.71. The van der Waals surface area contributed by atoms with Crippen LogP contribution in [0.5, 0.6) is 0 Å². The van der Waals surface area contributed by atoms with E-state index in [4.69, 9.17) is 11.0 Å². The lowest BCUT2D eigenvalue weighted by molar-refractivity contribution is 0.0925. The molecule has 0 radical (unpaired) electrons. The maximum absolute atomic E-state index is 14.0. The van der Waals surface area contributed by atoms with Crippen molar-refractivity contribution in [2.45, 2.75) is 0 Å². The molecular weight excluding hydrogens is 273 g/mol. The van der Waals surface area contributed by atoms with Crippen molar-refractivity contribution >= 4 is 23.2 Å². The van der Waals surface area contributed by atoms with E-state index < -0.39 is 17.6 Å². The van der Waals surface area contributed by atoms with Gasteiger partial charge >= 0.3 is 0 Å². The molecule has 0 atom stereocenters. The van der Waals surface area contributed by atoms with Crippen LogP contribution in [0.2, 0.25) is 0 Å². The third-order valence-electron chi connectivity index (χ3n) is 3.23. The van der Waals surface area contributed by atoms with Crippen molar-refractivity contribution in [3.05, 3.63) is 58.9 Å². The van der Waals surface area contributed by atoms with Gasteiger partial charge in [-0.2, -0.15) is 5.26 Å². The fraction of sp³-hybridized carbons (Fsp3) is 0. The third kappa shape index (κ3) is 1.83. The lowest BCUT2D eigenvalue weighted by Gasteiger charge is -2.14. The van der Waals surface area contributed by atoms with Crippen LogP contribution in [-0.4, -0.2) is 11.8 Å². The summed E-state index contributed by atoms with van der Waals surface area (Å²) in [6.07, 6.45) is 0. The summed E-state index contributed by atoms with van der Waals surface area (Å²) in [4.78, 5) is 25.3. The first kappa shape index (κ1) is 12.8. The van der Waals surface area contributed by atoms with Crippen molar-refractivity contribution in [1.82, 2.24) is 0 Å². The van der Waals surface area contributed by atoms with E-state index in [1.165, 1.54) is 30.3 Å². The number of carbonyl (C=O) groups excluding carboxylic acids is 2. The Bertz CT molecular complexity index is 839. The molecule has 2 aromatic rings. The fourth-order valence-corrected chi connectivity index (χ4v) is 2.24. The summed E-state index contributed by atoms with van der Waals surface area (Å²) in [5.74, 6) is -2.05. The van der Waals surface area contributed by atoms with Crippen molar-refractivity contribution in [2.75, 3.05) is 10.6 Å². The van der Waals surface area contributed by atoms with Crippen molar-refractivity contribution in [1.29, 1.82) is 5.26 Å². The zero-order chi connectivity index (χ0) is 15.1. The van der Waals surface area contributed by atoms with E-state index in [-0.39, 0.29) is 22.4 Å². The minimum atomic E-state index is -0.809. The summed E-state index contributed by atoms with van der Waals surface area (Å²) in [5.41, 5.74) is 6.19. The molecule has 0 saturated heterocycles. The Morgan fingerprint density at radius 3 is 2.43 bits per heavy atom. The molecule has 1 aliphatic heterocycles. The molecular formula is C15H8FN3O2. The van der Waals surface area contributed by atoms with Crippen LogP contribution in [0.1, 0.15) is 26.3 Å². The summed E-state index contributed by atoms with van der Waals surface area (Å²) in [6.45, 7) is 0. The Balaban J connectivity index is 2.12. The number of carbonyl (C=O) groups is 2. The van der Waals surface area contributed by atoms with Gasteiger partial charge in [0.2, 0.25) is 0 Å². The molecule has 21 heavy (non-hydrogen) atoms. The van der Waals surface area contributed by atoms with Gasteiger partial charge in [-0.3, -0.25) is 9.59 Å². The van der Waals surface area contributed by atoms with Crippen LogP contribution in [0.4, 0.5) is 15.8 Å². The number of nitriles is 1. The highest BCUT2D eigenvalue weighted by Crippen LogP contribution is 2.31. The molecule has 2 aromatic carbocycles. The maximum atomic E-state index is 14.0. The van der Waals surface area contributed by atoms with E-state index in [9.17, 15) is 14.0 Å². The summed E-state index contributed by atoms with van der Waals surface area (Å²) < 4.78 is 14.0.